The summed E-state index contributed by atoms with van der Waals surface area (Å²) in [5, 5.41) is 3.63. The van der Waals surface area contributed by atoms with E-state index in [0.717, 1.165) is 76.0 Å². The maximum Gasteiger partial charge on any atom is 0.164 e. The fourth-order valence-electron chi connectivity index (χ4n) is 4.87. The normalized spacial score (nSPS) is 18.9. The first-order valence-corrected chi connectivity index (χ1v) is 12.8. The second-order valence-corrected chi connectivity index (χ2v) is 10.1. The summed E-state index contributed by atoms with van der Waals surface area (Å²) in [6.07, 6.45) is 0.925. The van der Waals surface area contributed by atoms with Gasteiger partial charge in [0.05, 0.1) is 26.6 Å². The highest BCUT2D eigenvalue weighted by atomic mass is 16.5. The third-order valence-electron chi connectivity index (χ3n) is 6.30. The third kappa shape index (κ3) is 7.44. The molecule has 0 aromatic heterocycles. The molecule has 1 N–H and O–H groups in total. The molecule has 0 aliphatic carbocycles. The van der Waals surface area contributed by atoms with Gasteiger partial charge in [0.2, 0.25) is 0 Å². The lowest BCUT2D eigenvalue weighted by Crippen LogP contribution is -2.52. The van der Waals surface area contributed by atoms with Crippen molar-refractivity contribution in [2.45, 2.75) is 46.3 Å². The van der Waals surface area contributed by atoms with E-state index in [0.29, 0.717) is 25.3 Å². The van der Waals surface area contributed by atoms with E-state index in [1.165, 1.54) is 11.1 Å². The van der Waals surface area contributed by atoms with E-state index in [1.807, 2.05) is 0 Å². The van der Waals surface area contributed by atoms with Gasteiger partial charge in [-0.15, -0.1) is 0 Å². The number of nitrogens with zero attached hydrogens (tertiary/aromatic N) is 2. The van der Waals surface area contributed by atoms with Gasteiger partial charge in [0.25, 0.3) is 0 Å². The third-order valence-corrected chi connectivity index (χ3v) is 6.30. The van der Waals surface area contributed by atoms with Gasteiger partial charge >= 0.3 is 0 Å². The average molecular weight is 468 g/mol. The summed E-state index contributed by atoms with van der Waals surface area (Å²) >= 11 is 0. The topological polar surface area (TPSA) is 46.2 Å². The van der Waals surface area contributed by atoms with Gasteiger partial charge in [-0.1, -0.05) is 50.2 Å². The quantitative estimate of drug-likeness (QED) is 0.532. The van der Waals surface area contributed by atoms with Gasteiger partial charge in [-0.05, 0) is 35.6 Å². The number of piperazine rings is 1. The van der Waals surface area contributed by atoms with Gasteiger partial charge < -0.3 is 19.5 Å². The van der Waals surface area contributed by atoms with E-state index in [-0.39, 0.29) is 0 Å². The van der Waals surface area contributed by atoms with Crippen LogP contribution in [0.15, 0.2) is 42.5 Å². The van der Waals surface area contributed by atoms with Crippen LogP contribution in [0.25, 0.3) is 0 Å². The van der Waals surface area contributed by atoms with Crippen LogP contribution in [0.2, 0.25) is 0 Å². The smallest absolute Gasteiger partial charge is 0.164 e. The Labute approximate surface area is 205 Å². The lowest BCUT2D eigenvalue weighted by atomic mass is 10.1. The molecule has 0 amide bonds. The van der Waals surface area contributed by atoms with E-state index < -0.39 is 0 Å². The Morgan fingerprint density at radius 1 is 1.12 bits per heavy atom. The molecule has 34 heavy (non-hydrogen) atoms. The number of aryl methyl sites for hydroxylation is 1. The standard InChI is InChI=1S/C28H41N3O3/c1-22(2)16-31(18-25-14-23(3)28-27(15-25)33-12-7-13-34-28)21-32-20-26-19-30(11-10-29-26)17-24-8-5-4-6-9-24/h4-6,8-9,14-15,22,26,29H,7,10-13,16-21H2,1-3H3. The number of hydrogen-bond donors (Lipinski definition) is 1. The zero-order valence-corrected chi connectivity index (χ0v) is 21.1. The largest absolute Gasteiger partial charge is 0.490 e. The first-order chi connectivity index (χ1) is 16.6. The summed E-state index contributed by atoms with van der Waals surface area (Å²) < 4.78 is 18.1. The Morgan fingerprint density at radius 2 is 1.94 bits per heavy atom. The van der Waals surface area contributed by atoms with Crippen molar-refractivity contribution in [1.29, 1.82) is 0 Å². The highest BCUT2D eigenvalue weighted by Gasteiger charge is 2.21. The first-order valence-electron chi connectivity index (χ1n) is 12.8. The molecule has 2 aromatic rings. The summed E-state index contributed by atoms with van der Waals surface area (Å²) in [4.78, 5) is 4.92. The number of fused-ring (bicyclic) bond motifs is 1. The molecule has 6 heteroatoms. The summed E-state index contributed by atoms with van der Waals surface area (Å²) in [6.45, 7) is 15.3. The molecule has 2 heterocycles. The number of hydrogen-bond acceptors (Lipinski definition) is 6. The van der Waals surface area contributed by atoms with Gasteiger partial charge in [0.1, 0.15) is 0 Å². The number of nitrogens with one attached hydrogen (secondary N) is 1. The molecule has 0 radical (unpaired) electrons. The molecule has 1 saturated heterocycles. The first kappa shape index (κ1) is 25.0. The minimum absolute atomic E-state index is 0.360. The van der Waals surface area contributed by atoms with Crippen molar-refractivity contribution in [2.24, 2.45) is 5.92 Å². The predicted octanol–water partition coefficient (Wildman–Crippen LogP) is 4.06. The Balaban J connectivity index is 1.30. The van der Waals surface area contributed by atoms with Crippen LogP contribution in [-0.2, 0) is 17.8 Å². The fourth-order valence-corrected chi connectivity index (χ4v) is 4.87. The monoisotopic (exact) mass is 467 g/mol. The number of ether oxygens (including phenoxy) is 3. The van der Waals surface area contributed by atoms with Crippen LogP contribution in [0, 0.1) is 12.8 Å². The van der Waals surface area contributed by atoms with Crippen LogP contribution in [0.4, 0.5) is 0 Å². The van der Waals surface area contributed by atoms with Crippen molar-refractivity contribution in [1.82, 2.24) is 15.1 Å². The van der Waals surface area contributed by atoms with Crippen molar-refractivity contribution in [2.75, 3.05) is 52.7 Å². The summed E-state index contributed by atoms with van der Waals surface area (Å²) in [5.41, 5.74) is 3.76. The van der Waals surface area contributed by atoms with Crippen molar-refractivity contribution >= 4 is 0 Å². The van der Waals surface area contributed by atoms with Crippen LogP contribution in [0.1, 0.15) is 37.0 Å². The van der Waals surface area contributed by atoms with Crippen LogP contribution in [0.5, 0.6) is 11.5 Å². The van der Waals surface area contributed by atoms with Crippen LogP contribution in [0.3, 0.4) is 0 Å². The summed E-state index contributed by atoms with van der Waals surface area (Å²) in [7, 11) is 0. The van der Waals surface area contributed by atoms with Crippen molar-refractivity contribution in [3.05, 3.63) is 59.2 Å². The molecule has 1 atom stereocenters. The van der Waals surface area contributed by atoms with E-state index in [1.54, 1.807) is 0 Å². The van der Waals surface area contributed by atoms with E-state index in [4.69, 9.17) is 14.2 Å². The molecule has 1 fully saturated rings. The lowest BCUT2D eigenvalue weighted by Gasteiger charge is -2.34. The molecule has 186 valence electrons. The molecular weight excluding hydrogens is 426 g/mol. The van der Waals surface area contributed by atoms with E-state index >= 15 is 0 Å². The molecule has 6 nitrogen and oxygen atoms in total. The molecule has 0 spiro atoms. The maximum atomic E-state index is 6.25. The highest BCUT2D eigenvalue weighted by Crippen LogP contribution is 2.34. The molecule has 0 bridgehead atoms. The highest BCUT2D eigenvalue weighted by molar-refractivity contribution is 5.49. The van der Waals surface area contributed by atoms with Crippen molar-refractivity contribution in [3.8, 4) is 11.5 Å². The van der Waals surface area contributed by atoms with Crippen molar-refractivity contribution < 1.29 is 14.2 Å². The van der Waals surface area contributed by atoms with E-state index in [2.05, 4.69) is 78.4 Å². The van der Waals surface area contributed by atoms with Crippen LogP contribution in [-0.4, -0.2) is 68.6 Å². The minimum Gasteiger partial charge on any atom is -0.490 e. The van der Waals surface area contributed by atoms with Crippen molar-refractivity contribution in [3.63, 3.8) is 0 Å². The molecule has 2 aliphatic rings. The molecular formula is C28H41N3O3. The van der Waals surface area contributed by atoms with Gasteiger partial charge in [-0.2, -0.15) is 0 Å². The Hall–Kier alpha value is -2.12. The molecule has 2 aromatic carbocycles. The second-order valence-electron chi connectivity index (χ2n) is 10.1. The molecule has 2 aliphatic heterocycles. The van der Waals surface area contributed by atoms with Gasteiger partial charge in [0, 0.05) is 51.7 Å². The summed E-state index contributed by atoms with van der Waals surface area (Å²) in [5.74, 6) is 2.35. The van der Waals surface area contributed by atoms with Gasteiger partial charge in [-0.25, -0.2) is 0 Å². The molecule has 4 rings (SSSR count). The predicted molar refractivity (Wildman–Crippen MR) is 136 cm³/mol. The van der Waals surface area contributed by atoms with Gasteiger partial charge in [0.15, 0.2) is 11.5 Å². The van der Waals surface area contributed by atoms with Crippen LogP contribution < -0.4 is 14.8 Å². The fraction of sp³-hybridized carbons (Fsp3) is 0.571. The average Bonchev–Trinajstić information content (AvgIpc) is 3.06. The summed E-state index contributed by atoms with van der Waals surface area (Å²) in [6, 6.07) is 15.5. The SMILES string of the molecule is Cc1cc(CN(COCC2CN(Cc3ccccc3)CCN2)CC(C)C)cc2c1OCCCO2. The van der Waals surface area contributed by atoms with E-state index in [9.17, 15) is 0 Å². The Kier molecular flexibility index (Phi) is 9.22. The Morgan fingerprint density at radius 3 is 2.76 bits per heavy atom. The molecule has 0 saturated carbocycles. The second kappa shape index (κ2) is 12.5. The minimum atomic E-state index is 0.360. The number of rotatable bonds is 10. The lowest BCUT2D eigenvalue weighted by molar-refractivity contribution is -0.000775. The van der Waals surface area contributed by atoms with Crippen LogP contribution >= 0.6 is 0 Å². The zero-order chi connectivity index (χ0) is 23.8. The zero-order valence-electron chi connectivity index (χ0n) is 21.1. The molecule has 1 unspecified atom stereocenters. The maximum absolute atomic E-state index is 6.25. The number of benzene rings is 2. The Bertz CT molecular complexity index is 890. The van der Waals surface area contributed by atoms with Gasteiger partial charge in [-0.3, -0.25) is 9.80 Å².